The molecule has 0 radical (unpaired) electrons. The molecule has 0 aromatic carbocycles. The molecule has 2 rings (SSSR count). The Bertz CT molecular complexity index is 504. The van der Waals surface area contributed by atoms with E-state index < -0.39 is 0 Å². The van der Waals surface area contributed by atoms with Gasteiger partial charge >= 0.3 is 0 Å². The van der Waals surface area contributed by atoms with Crippen molar-refractivity contribution in [2.24, 2.45) is 0 Å². The van der Waals surface area contributed by atoms with Crippen LogP contribution in [-0.2, 0) is 12.8 Å². The first-order valence-corrected chi connectivity index (χ1v) is 7.53. The summed E-state index contributed by atoms with van der Waals surface area (Å²) in [5.41, 5.74) is 2.50. The molecule has 4 heteroatoms. The van der Waals surface area contributed by atoms with Gasteiger partial charge in [-0.25, -0.2) is 9.50 Å². The SMILES string of the molecule is CCCCCCCCc1cn2ncnc2nc1CC. The molecule has 2 heterocycles. The highest BCUT2D eigenvalue weighted by Crippen LogP contribution is 2.13. The van der Waals surface area contributed by atoms with Crippen molar-refractivity contribution < 1.29 is 0 Å². The number of unbranched alkanes of at least 4 members (excludes halogenated alkanes) is 5. The zero-order valence-electron chi connectivity index (χ0n) is 12.1. The summed E-state index contributed by atoms with van der Waals surface area (Å²) in [6.07, 6.45) is 13.7. The maximum absolute atomic E-state index is 4.57. The molecule has 0 bridgehead atoms. The van der Waals surface area contributed by atoms with Crippen molar-refractivity contribution in [3.63, 3.8) is 0 Å². The quantitative estimate of drug-likeness (QED) is 0.681. The summed E-state index contributed by atoms with van der Waals surface area (Å²) in [4.78, 5) is 8.71. The van der Waals surface area contributed by atoms with Gasteiger partial charge in [-0.1, -0.05) is 46.0 Å². The average Bonchev–Trinajstić information content (AvgIpc) is 2.88. The van der Waals surface area contributed by atoms with Crippen LogP contribution in [0.4, 0.5) is 0 Å². The van der Waals surface area contributed by atoms with Gasteiger partial charge in [-0.15, -0.1) is 0 Å². The molecule has 0 amide bonds. The van der Waals surface area contributed by atoms with Gasteiger partial charge in [-0.3, -0.25) is 0 Å². The molecule has 2 aromatic rings. The van der Waals surface area contributed by atoms with E-state index in [2.05, 4.69) is 35.1 Å². The molecule has 2 aromatic heterocycles. The van der Waals surface area contributed by atoms with Gasteiger partial charge in [0.25, 0.3) is 5.78 Å². The van der Waals surface area contributed by atoms with Crippen molar-refractivity contribution in [2.45, 2.75) is 65.2 Å². The molecule has 0 saturated heterocycles. The number of hydrogen-bond donors (Lipinski definition) is 0. The van der Waals surface area contributed by atoms with E-state index in [4.69, 9.17) is 0 Å². The molecule has 4 nitrogen and oxygen atoms in total. The maximum Gasteiger partial charge on any atom is 0.252 e. The molecule has 0 aliphatic heterocycles. The fourth-order valence-electron chi connectivity index (χ4n) is 2.44. The van der Waals surface area contributed by atoms with Crippen molar-refractivity contribution in [1.29, 1.82) is 0 Å². The van der Waals surface area contributed by atoms with Crippen LogP contribution < -0.4 is 0 Å². The van der Waals surface area contributed by atoms with Crippen molar-refractivity contribution in [3.8, 4) is 0 Å². The number of hydrogen-bond acceptors (Lipinski definition) is 3. The summed E-state index contributed by atoms with van der Waals surface area (Å²) in [5, 5.41) is 4.17. The second-order valence-corrected chi connectivity index (χ2v) is 5.09. The Hall–Kier alpha value is -1.45. The van der Waals surface area contributed by atoms with E-state index in [1.54, 1.807) is 10.8 Å². The summed E-state index contributed by atoms with van der Waals surface area (Å²) >= 11 is 0. The minimum Gasteiger partial charge on any atom is -0.216 e. The number of nitrogens with zero attached hydrogens (tertiary/aromatic N) is 4. The second kappa shape index (κ2) is 7.22. The highest BCUT2D eigenvalue weighted by molar-refractivity contribution is 5.31. The first-order chi connectivity index (χ1) is 9.35. The fraction of sp³-hybridized carbons (Fsp3) is 0.667. The predicted octanol–water partition coefficient (Wildman–Crippen LogP) is 3.59. The summed E-state index contributed by atoms with van der Waals surface area (Å²) < 4.78 is 1.78. The van der Waals surface area contributed by atoms with Gasteiger partial charge in [0.2, 0.25) is 0 Å². The third-order valence-electron chi connectivity index (χ3n) is 3.57. The van der Waals surface area contributed by atoms with E-state index in [0.29, 0.717) is 5.78 Å². The molecule has 0 aliphatic carbocycles. The fourth-order valence-corrected chi connectivity index (χ4v) is 2.44. The van der Waals surface area contributed by atoms with Crippen LogP contribution in [0.3, 0.4) is 0 Å². The van der Waals surface area contributed by atoms with E-state index >= 15 is 0 Å². The van der Waals surface area contributed by atoms with E-state index in [1.807, 2.05) is 0 Å². The second-order valence-electron chi connectivity index (χ2n) is 5.09. The van der Waals surface area contributed by atoms with Gasteiger partial charge in [0, 0.05) is 11.9 Å². The largest absolute Gasteiger partial charge is 0.252 e. The van der Waals surface area contributed by atoms with Crippen LogP contribution in [-0.4, -0.2) is 19.6 Å². The van der Waals surface area contributed by atoms with Gasteiger partial charge in [0.05, 0.1) is 0 Å². The highest BCUT2D eigenvalue weighted by Gasteiger charge is 2.06. The monoisotopic (exact) mass is 260 g/mol. The van der Waals surface area contributed by atoms with Gasteiger partial charge in [0.15, 0.2) is 0 Å². The van der Waals surface area contributed by atoms with Crippen LogP contribution in [0.2, 0.25) is 0 Å². The minimum absolute atomic E-state index is 0.712. The summed E-state index contributed by atoms with van der Waals surface area (Å²) in [6, 6.07) is 0. The van der Waals surface area contributed by atoms with Crippen LogP contribution in [0.5, 0.6) is 0 Å². The van der Waals surface area contributed by atoms with E-state index in [9.17, 15) is 0 Å². The zero-order chi connectivity index (χ0) is 13.5. The number of fused-ring (bicyclic) bond motifs is 1. The third-order valence-corrected chi connectivity index (χ3v) is 3.57. The minimum atomic E-state index is 0.712. The summed E-state index contributed by atoms with van der Waals surface area (Å²) in [6.45, 7) is 4.41. The molecule has 0 N–H and O–H groups in total. The molecule has 19 heavy (non-hydrogen) atoms. The molecule has 104 valence electrons. The first kappa shape index (κ1) is 14.0. The topological polar surface area (TPSA) is 43.1 Å². The van der Waals surface area contributed by atoms with Crippen LogP contribution >= 0.6 is 0 Å². The predicted molar refractivity (Wildman–Crippen MR) is 77.2 cm³/mol. The Labute approximate surface area is 115 Å². The lowest BCUT2D eigenvalue weighted by atomic mass is 10.0. The Morgan fingerprint density at radius 2 is 1.84 bits per heavy atom. The Morgan fingerprint density at radius 1 is 1.05 bits per heavy atom. The molecule has 0 saturated carbocycles. The van der Waals surface area contributed by atoms with Crippen molar-refractivity contribution in [1.82, 2.24) is 19.6 Å². The van der Waals surface area contributed by atoms with Gasteiger partial charge in [0.1, 0.15) is 6.33 Å². The molecule has 0 aliphatic rings. The number of rotatable bonds is 8. The lowest BCUT2D eigenvalue weighted by molar-refractivity contribution is 0.605. The molecule has 0 spiro atoms. The third kappa shape index (κ3) is 3.75. The Morgan fingerprint density at radius 3 is 2.63 bits per heavy atom. The van der Waals surface area contributed by atoms with Crippen LogP contribution in [0.1, 0.15) is 63.6 Å². The number of aromatic nitrogens is 4. The summed E-state index contributed by atoms with van der Waals surface area (Å²) in [7, 11) is 0. The molecular weight excluding hydrogens is 236 g/mol. The maximum atomic E-state index is 4.57. The smallest absolute Gasteiger partial charge is 0.216 e. The van der Waals surface area contributed by atoms with E-state index in [-0.39, 0.29) is 0 Å². The molecule has 0 fully saturated rings. The molecule has 0 atom stereocenters. The lowest BCUT2D eigenvalue weighted by Crippen LogP contribution is -2.02. The normalized spacial score (nSPS) is 11.3. The van der Waals surface area contributed by atoms with Crippen molar-refractivity contribution in [3.05, 3.63) is 23.8 Å². The van der Waals surface area contributed by atoms with Crippen LogP contribution in [0, 0.1) is 0 Å². The van der Waals surface area contributed by atoms with Gasteiger partial charge in [-0.2, -0.15) is 10.1 Å². The van der Waals surface area contributed by atoms with Crippen molar-refractivity contribution >= 4 is 5.78 Å². The van der Waals surface area contributed by atoms with E-state index in [1.165, 1.54) is 49.8 Å². The molecule has 0 unspecified atom stereocenters. The Balaban J connectivity index is 1.91. The van der Waals surface area contributed by atoms with Crippen LogP contribution in [0.15, 0.2) is 12.5 Å². The summed E-state index contributed by atoms with van der Waals surface area (Å²) in [5.74, 6) is 0.712. The average molecular weight is 260 g/mol. The molecular formula is C15H24N4. The zero-order valence-corrected chi connectivity index (χ0v) is 12.1. The van der Waals surface area contributed by atoms with Crippen molar-refractivity contribution in [2.75, 3.05) is 0 Å². The van der Waals surface area contributed by atoms with Gasteiger partial charge in [-0.05, 0) is 24.8 Å². The van der Waals surface area contributed by atoms with E-state index in [0.717, 1.165) is 12.8 Å². The lowest BCUT2D eigenvalue weighted by Gasteiger charge is -2.07. The standard InChI is InChI=1S/C15H24N4/c1-3-5-6-7-8-9-10-13-11-19-15(16-12-17-19)18-14(13)4-2/h11-12H,3-10H2,1-2H3. The Kier molecular flexibility index (Phi) is 5.31. The van der Waals surface area contributed by atoms with Crippen LogP contribution in [0.25, 0.3) is 5.78 Å². The van der Waals surface area contributed by atoms with Gasteiger partial charge < -0.3 is 0 Å². The first-order valence-electron chi connectivity index (χ1n) is 7.53. The number of aryl methyl sites for hydroxylation is 2. The highest BCUT2D eigenvalue weighted by atomic mass is 15.3.